The zero-order chi connectivity index (χ0) is 17.8. The van der Waals surface area contributed by atoms with Crippen molar-refractivity contribution in [3.63, 3.8) is 0 Å². The number of allylic oxidation sites excluding steroid dienone is 1. The molecule has 0 fully saturated rings. The number of imidazole rings is 1. The minimum absolute atomic E-state index is 0.630. The van der Waals surface area contributed by atoms with Crippen LogP contribution in [-0.4, -0.2) is 27.9 Å². The van der Waals surface area contributed by atoms with E-state index in [9.17, 15) is 0 Å². The van der Waals surface area contributed by atoms with E-state index in [2.05, 4.69) is 26.9 Å². The Morgan fingerprint density at radius 3 is 2.72 bits per heavy atom. The molecular formula is C18H19N5OS. The molecule has 3 aromatic rings. The first-order chi connectivity index (χ1) is 12.1. The Balaban J connectivity index is 1.83. The molecule has 0 saturated carbocycles. The highest BCUT2D eigenvalue weighted by atomic mass is 32.1. The number of rotatable bonds is 6. The molecule has 7 heteroatoms. The summed E-state index contributed by atoms with van der Waals surface area (Å²) in [4.78, 5) is 13.5. The van der Waals surface area contributed by atoms with Crippen molar-refractivity contribution >= 4 is 34.3 Å². The number of aliphatic imine (C=N–C) groups is 1. The number of methoxy groups -OCH3 is 1. The van der Waals surface area contributed by atoms with Gasteiger partial charge in [0.2, 0.25) is 5.95 Å². The van der Waals surface area contributed by atoms with E-state index in [1.54, 1.807) is 19.4 Å². The van der Waals surface area contributed by atoms with Gasteiger partial charge in [-0.3, -0.25) is 0 Å². The predicted molar refractivity (Wildman–Crippen MR) is 104 cm³/mol. The highest BCUT2D eigenvalue weighted by Gasteiger charge is 2.15. The summed E-state index contributed by atoms with van der Waals surface area (Å²) in [6.45, 7) is 5.64. The van der Waals surface area contributed by atoms with Gasteiger partial charge in [0, 0.05) is 30.0 Å². The highest BCUT2D eigenvalue weighted by molar-refractivity contribution is 7.14. The van der Waals surface area contributed by atoms with Crippen LogP contribution in [0.15, 0.2) is 47.3 Å². The second-order valence-electron chi connectivity index (χ2n) is 5.31. The van der Waals surface area contributed by atoms with Crippen LogP contribution in [0.25, 0.3) is 11.4 Å². The highest BCUT2D eigenvalue weighted by Crippen LogP contribution is 2.30. The Kier molecular flexibility index (Phi) is 4.95. The molecule has 0 radical (unpaired) electrons. The van der Waals surface area contributed by atoms with E-state index in [4.69, 9.17) is 4.74 Å². The standard InChI is InChI=1S/C18H19N5OS/c1-5-10-19-17-22-16(12(2)23(17)3)15-11-25-18(21-15)20-13-6-8-14(24-4)9-7-13/h5-11H,1H2,2-4H3,(H,20,21)/b19-10-. The van der Waals surface area contributed by atoms with Gasteiger partial charge in [-0.05, 0) is 31.2 Å². The molecule has 0 amide bonds. The Bertz CT molecular complexity index is 908. The number of ether oxygens (including phenoxy) is 1. The lowest BCUT2D eigenvalue weighted by Crippen LogP contribution is -1.92. The first kappa shape index (κ1) is 16.9. The summed E-state index contributed by atoms with van der Waals surface area (Å²) in [5.74, 6) is 1.45. The van der Waals surface area contributed by atoms with E-state index in [0.29, 0.717) is 5.95 Å². The zero-order valence-electron chi connectivity index (χ0n) is 14.4. The normalized spacial score (nSPS) is 11.0. The van der Waals surface area contributed by atoms with Crippen molar-refractivity contribution < 1.29 is 4.74 Å². The van der Waals surface area contributed by atoms with Crippen molar-refractivity contribution in [3.05, 3.63) is 48.0 Å². The first-order valence-electron chi connectivity index (χ1n) is 7.67. The van der Waals surface area contributed by atoms with Crippen LogP contribution in [0, 0.1) is 6.92 Å². The van der Waals surface area contributed by atoms with Crippen LogP contribution in [0.1, 0.15) is 5.69 Å². The number of hydrogen-bond donors (Lipinski definition) is 1. The van der Waals surface area contributed by atoms with Crippen LogP contribution in [0.3, 0.4) is 0 Å². The van der Waals surface area contributed by atoms with Crippen molar-refractivity contribution in [2.75, 3.05) is 12.4 Å². The monoisotopic (exact) mass is 353 g/mol. The third-order valence-electron chi connectivity index (χ3n) is 3.74. The molecule has 2 aromatic heterocycles. The van der Waals surface area contributed by atoms with E-state index in [1.807, 2.05) is 48.2 Å². The summed E-state index contributed by atoms with van der Waals surface area (Å²) < 4.78 is 7.10. The molecule has 0 spiro atoms. The maximum Gasteiger partial charge on any atom is 0.230 e. The van der Waals surface area contributed by atoms with E-state index >= 15 is 0 Å². The second-order valence-corrected chi connectivity index (χ2v) is 6.17. The molecule has 3 rings (SSSR count). The van der Waals surface area contributed by atoms with E-state index in [-0.39, 0.29) is 0 Å². The van der Waals surface area contributed by atoms with Crippen LogP contribution in [0.2, 0.25) is 0 Å². The summed E-state index contributed by atoms with van der Waals surface area (Å²) in [6.07, 6.45) is 3.26. The molecule has 1 N–H and O–H groups in total. The molecule has 0 aliphatic heterocycles. The Hall–Kier alpha value is -2.93. The minimum Gasteiger partial charge on any atom is -0.497 e. The predicted octanol–water partition coefficient (Wildman–Crippen LogP) is 4.49. The van der Waals surface area contributed by atoms with Crippen molar-refractivity contribution in [3.8, 4) is 17.1 Å². The van der Waals surface area contributed by atoms with Gasteiger partial charge in [0.15, 0.2) is 5.13 Å². The van der Waals surface area contributed by atoms with Gasteiger partial charge in [-0.1, -0.05) is 12.7 Å². The minimum atomic E-state index is 0.630. The summed E-state index contributed by atoms with van der Waals surface area (Å²) >= 11 is 1.53. The molecule has 25 heavy (non-hydrogen) atoms. The quantitative estimate of drug-likeness (QED) is 0.663. The topological polar surface area (TPSA) is 64.3 Å². The maximum absolute atomic E-state index is 5.17. The summed E-state index contributed by atoms with van der Waals surface area (Å²) in [5.41, 5.74) is 3.63. The van der Waals surface area contributed by atoms with E-state index in [1.165, 1.54) is 11.3 Å². The van der Waals surface area contributed by atoms with Crippen LogP contribution in [-0.2, 0) is 7.05 Å². The molecule has 6 nitrogen and oxygen atoms in total. The third-order valence-corrected chi connectivity index (χ3v) is 4.50. The van der Waals surface area contributed by atoms with Crippen molar-refractivity contribution in [2.24, 2.45) is 12.0 Å². The van der Waals surface area contributed by atoms with E-state index < -0.39 is 0 Å². The Morgan fingerprint density at radius 1 is 1.28 bits per heavy atom. The Labute approximate surface area is 150 Å². The molecule has 0 atom stereocenters. The van der Waals surface area contributed by atoms with Gasteiger partial charge in [-0.15, -0.1) is 11.3 Å². The van der Waals surface area contributed by atoms with E-state index in [0.717, 1.165) is 33.7 Å². The largest absolute Gasteiger partial charge is 0.497 e. The van der Waals surface area contributed by atoms with Crippen molar-refractivity contribution in [1.29, 1.82) is 0 Å². The van der Waals surface area contributed by atoms with Gasteiger partial charge in [0.25, 0.3) is 0 Å². The number of nitrogens with zero attached hydrogens (tertiary/aromatic N) is 4. The van der Waals surface area contributed by atoms with Gasteiger partial charge >= 0.3 is 0 Å². The Morgan fingerprint density at radius 2 is 2.04 bits per heavy atom. The average molecular weight is 353 g/mol. The van der Waals surface area contributed by atoms with Gasteiger partial charge in [0.1, 0.15) is 17.1 Å². The molecule has 2 heterocycles. The molecule has 1 aromatic carbocycles. The second kappa shape index (κ2) is 7.31. The lowest BCUT2D eigenvalue weighted by atomic mass is 10.3. The van der Waals surface area contributed by atoms with Gasteiger partial charge in [-0.2, -0.15) is 0 Å². The lowest BCUT2D eigenvalue weighted by Gasteiger charge is -2.03. The fourth-order valence-electron chi connectivity index (χ4n) is 2.28. The molecular weight excluding hydrogens is 334 g/mol. The van der Waals surface area contributed by atoms with Crippen LogP contribution < -0.4 is 10.1 Å². The SMILES string of the molecule is C=C/C=N\c1nc(-c2csc(Nc3ccc(OC)cc3)n2)c(C)n1C. The van der Waals surface area contributed by atoms with Gasteiger partial charge in [0.05, 0.1) is 7.11 Å². The number of anilines is 2. The number of benzene rings is 1. The smallest absolute Gasteiger partial charge is 0.230 e. The molecule has 128 valence electrons. The number of hydrogen-bond acceptors (Lipinski definition) is 6. The summed E-state index contributed by atoms with van der Waals surface area (Å²) in [7, 11) is 3.59. The fraction of sp³-hybridized carbons (Fsp3) is 0.167. The zero-order valence-corrected chi connectivity index (χ0v) is 15.2. The van der Waals surface area contributed by atoms with Crippen molar-refractivity contribution in [1.82, 2.24) is 14.5 Å². The van der Waals surface area contributed by atoms with Crippen LogP contribution in [0.5, 0.6) is 5.75 Å². The summed E-state index contributed by atoms with van der Waals surface area (Å²) in [5, 5.41) is 6.09. The summed E-state index contributed by atoms with van der Waals surface area (Å²) in [6, 6.07) is 7.72. The molecule has 0 unspecified atom stereocenters. The van der Waals surface area contributed by atoms with Gasteiger partial charge in [-0.25, -0.2) is 15.0 Å². The van der Waals surface area contributed by atoms with Gasteiger partial charge < -0.3 is 14.6 Å². The first-order valence-corrected chi connectivity index (χ1v) is 8.55. The van der Waals surface area contributed by atoms with Crippen LogP contribution in [0.4, 0.5) is 16.8 Å². The fourth-order valence-corrected chi connectivity index (χ4v) is 3.00. The van der Waals surface area contributed by atoms with Crippen LogP contribution >= 0.6 is 11.3 Å². The molecule has 0 aliphatic carbocycles. The maximum atomic E-state index is 5.17. The lowest BCUT2D eigenvalue weighted by molar-refractivity contribution is 0.415. The molecule has 0 aliphatic rings. The third kappa shape index (κ3) is 3.61. The number of aromatic nitrogens is 3. The number of thiazole rings is 1. The van der Waals surface area contributed by atoms with Crippen molar-refractivity contribution in [2.45, 2.75) is 6.92 Å². The molecule has 0 bridgehead atoms. The number of nitrogens with one attached hydrogen (secondary N) is 1. The average Bonchev–Trinajstić information content (AvgIpc) is 3.20. The molecule has 0 saturated heterocycles.